The zero-order chi connectivity index (χ0) is 23.1. The summed E-state index contributed by atoms with van der Waals surface area (Å²) in [6, 6.07) is 18.9. The third kappa shape index (κ3) is 5.71. The van der Waals surface area contributed by atoms with Gasteiger partial charge in [0.25, 0.3) is 15.9 Å². The molecule has 0 atom stereocenters. The molecule has 3 rings (SSSR count). The first kappa shape index (κ1) is 23.4. The molecule has 0 bridgehead atoms. The third-order valence-corrected chi connectivity index (χ3v) is 6.78. The third-order valence-electron chi connectivity index (χ3n) is 5.04. The predicted molar refractivity (Wildman–Crippen MR) is 126 cm³/mol. The minimum absolute atomic E-state index is 0.0293. The number of anilines is 1. The molecule has 4 nitrogen and oxygen atoms in total. The first-order valence-electron chi connectivity index (χ1n) is 10.5. The normalized spacial score (nSPS) is 11.6. The predicted octanol–water partition coefficient (Wildman–Crippen LogP) is 5.91. The van der Waals surface area contributed by atoms with Crippen LogP contribution in [0, 0.1) is 12.7 Å². The average Bonchev–Trinajstić information content (AvgIpc) is 2.78. The molecule has 0 fully saturated rings. The van der Waals surface area contributed by atoms with Crippen molar-refractivity contribution >= 4 is 27.7 Å². The molecule has 0 saturated carbocycles. The van der Waals surface area contributed by atoms with Gasteiger partial charge in [0.05, 0.1) is 10.6 Å². The Labute approximate surface area is 189 Å². The molecule has 3 aromatic carbocycles. The Hall–Kier alpha value is -3.25. The van der Waals surface area contributed by atoms with Crippen molar-refractivity contribution in [2.75, 3.05) is 4.31 Å². The first-order valence-corrected chi connectivity index (χ1v) is 11.9. The number of carbonyl (C=O) groups is 1. The van der Waals surface area contributed by atoms with E-state index in [4.69, 9.17) is 0 Å². The highest BCUT2D eigenvalue weighted by atomic mass is 32.2. The summed E-state index contributed by atoms with van der Waals surface area (Å²) in [6.45, 7) is 3.97. The highest BCUT2D eigenvalue weighted by molar-refractivity contribution is 7.93. The molecular formula is C26H26FNO3S. The molecule has 6 heteroatoms. The van der Waals surface area contributed by atoms with Crippen molar-refractivity contribution < 1.29 is 17.6 Å². The molecule has 0 saturated heterocycles. The highest BCUT2D eigenvalue weighted by Gasteiger charge is 2.29. The number of nitrogens with zero attached hydrogens (tertiary/aromatic N) is 1. The summed E-state index contributed by atoms with van der Waals surface area (Å²) in [4.78, 5) is 13.1. The van der Waals surface area contributed by atoms with E-state index >= 15 is 0 Å². The fourth-order valence-corrected chi connectivity index (χ4v) is 4.58. The zero-order valence-electron chi connectivity index (χ0n) is 18.2. The second-order valence-electron chi connectivity index (χ2n) is 7.58. The van der Waals surface area contributed by atoms with Gasteiger partial charge in [0.1, 0.15) is 5.82 Å². The summed E-state index contributed by atoms with van der Waals surface area (Å²) in [5.41, 5.74) is 2.85. The lowest BCUT2D eigenvalue weighted by Crippen LogP contribution is -2.35. The Bertz CT molecular complexity index is 1180. The Kier molecular flexibility index (Phi) is 7.59. The average molecular weight is 452 g/mol. The maximum atomic E-state index is 13.4. The zero-order valence-corrected chi connectivity index (χ0v) is 19.0. The molecule has 0 radical (unpaired) electrons. The molecule has 0 aliphatic rings. The largest absolute Gasteiger partial charge is 0.271 e. The van der Waals surface area contributed by atoms with E-state index in [2.05, 4.69) is 6.92 Å². The van der Waals surface area contributed by atoms with Gasteiger partial charge in [-0.15, -0.1) is 0 Å². The minimum Gasteiger partial charge on any atom is -0.268 e. The van der Waals surface area contributed by atoms with Crippen molar-refractivity contribution in [1.82, 2.24) is 0 Å². The highest BCUT2D eigenvalue weighted by Crippen LogP contribution is 2.26. The summed E-state index contributed by atoms with van der Waals surface area (Å²) >= 11 is 0. The van der Waals surface area contributed by atoms with Crippen LogP contribution in [0.5, 0.6) is 0 Å². The number of benzene rings is 3. The van der Waals surface area contributed by atoms with Gasteiger partial charge in [-0.3, -0.25) is 4.79 Å². The van der Waals surface area contributed by atoms with Gasteiger partial charge >= 0.3 is 0 Å². The summed E-state index contributed by atoms with van der Waals surface area (Å²) in [6.07, 6.45) is 5.63. The lowest BCUT2D eigenvalue weighted by molar-refractivity contribution is -0.113. The number of hydrogen-bond donors (Lipinski definition) is 0. The number of unbranched alkanes of at least 4 members (excludes halogenated alkanes) is 1. The Morgan fingerprint density at radius 3 is 2.16 bits per heavy atom. The van der Waals surface area contributed by atoms with Crippen LogP contribution in [-0.2, 0) is 21.2 Å². The van der Waals surface area contributed by atoms with Gasteiger partial charge in [-0.05, 0) is 73.4 Å². The molecule has 32 heavy (non-hydrogen) atoms. The first-order chi connectivity index (χ1) is 15.3. The molecule has 3 aromatic rings. The number of rotatable bonds is 8. The standard InChI is InChI=1S/C26H26FNO3S/c1-3-4-5-21-10-15-24(16-11-21)28(32(30,31)25-17-6-20(2)7-18-25)26(29)19-12-22-8-13-23(27)14-9-22/h6-19H,3-5H2,1-2H3/b19-12+. The molecule has 0 unspecified atom stereocenters. The fourth-order valence-electron chi connectivity index (χ4n) is 3.19. The summed E-state index contributed by atoms with van der Waals surface area (Å²) in [5.74, 6) is -1.10. The van der Waals surface area contributed by atoms with Gasteiger partial charge in [-0.1, -0.05) is 55.3 Å². The fraction of sp³-hybridized carbons (Fsp3) is 0.192. The molecule has 0 spiro atoms. The van der Waals surface area contributed by atoms with E-state index in [1.165, 1.54) is 48.6 Å². The number of sulfonamides is 1. The summed E-state index contributed by atoms with van der Waals surface area (Å²) < 4.78 is 40.8. The maximum Gasteiger partial charge on any atom is 0.271 e. The second kappa shape index (κ2) is 10.4. The van der Waals surface area contributed by atoms with Crippen LogP contribution >= 0.6 is 0 Å². The van der Waals surface area contributed by atoms with Crippen LogP contribution in [-0.4, -0.2) is 14.3 Å². The van der Waals surface area contributed by atoms with Crippen LogP contribution in [0.3, 0.4) is 0 Å². The van der Waals surface area contributed by atoms with Gasteiger partial charge in [-0.2, -0.15) is 4.31 Å². The molecule has 0 heterocycles. The Morgan fingerprint density at radius 2 is 1.56 bits per heavy atom. The van der Waals surface area contributed by atoms with E-state index in [1.807, 2.05) is 19.1 Å². The smallest absolute Gasteiger partial charge is 0.268 e. The van der Waals surface area contributed by atoms with Crippen molar-refractivity contribution in [2.24, 2.45) is 0 Å². The summed E-state index contributed by atoms with van der Waals surface area (Å²) in [5, 5.41) is 0. The van der Waals surface area contributed by atoms with Crippen LogP contribution in [0.1, 0.15) is 36.5 Å². The van der Waals surface area contributed by atoms with E-state index in [0.29, 0.717) is 5.56 Å². The lowest BCUT2D eigenvalue weighted by Gasteiger charge is -2.22. The SMILES string of the molecule is CCCCc1ccc(N(C(=O)/C=C/c2ccc(F)cc2)S(=O)(=O)c2ccc(C)cc2)cc1. The number of carbonyl (C=O) groups excluding carboxylic acids is 1. The van der Waals surface area contributed by atoms with E-state index in [0.717, 1.165) is 34.7 Å². The van der Waals surface area contributed by atoms with Crippen molar-refractivity contribution in [3.8, 4) is 0 Å². The van der Waals surface area contributed by atoms with E-state index in [9.17, 15) is 17.6 Å². The number of aryl methyl sites for hydroxylation is 2. The molecule has 0 aliphatic heterocycles. The van der Waals surface area contributed by atoms with Gasteiger partial charge < -0.3 is 0 Å². The number of hydrogen-bond acceptors (Lipinski definition) is 3. The molecule has 0 N–H and O–H groups in total. The van der Waals surface area contributed by atoms with Gasteiger partial charge in [-0.25, -0.2) is 12.8 Å². The summed E-state index contributed by atoms with van der Waals surface area (Å²) in [7, 11) is -4.14. The topological polar surface area (TPSA) is 54.5 Å². The van der Waals surface area contributed by atoms with Gasteiger partial charge in [0, 0.05) is 6.08 Å². The maximum absolute atomic E-state index is 13.4. The molecule has 1 amide bonds. The molecule has 166 valence electrons. The van der Waals surface area contributed by atoms with E-state index < -0.39 is 15.9 Å². The van der Waals surface area contributed by atoms with Crippen LogP contribution in [0.4, 0.5) is 10.1 Å². The number of amides is 1. The molecular weight excluding hydrogens is 425 g/mol. The lowest BCUT2D eigenvalue weighted by atomic mass is 10.1. The van der Waals surface area contributed by atoms with E-state index in [1.54, 1.807) is 24.3 Å². The van der Waals surface area contributed by atoms with Crippen molar-refractivity contribution in [2.45, 2.75) is 38.0 Å². The number of halogens is 1. The van der Waals surface area contributed by atoms with Crippen LogP contribution in [0.2, 0.25) is 0 Å². The van der Waals surface area contributed by atoms with Crippen LogP contribution in [0.25, 0.3) is 6.08 Å². The van der Waals surface area contributed by atoms with Crippen LogP contribution < -0.4 is 4.31 Å². The Balaban J connectivity index is 1.99. The quantitative estimate of drug-likeness (QED) is 0.400. The van der Waals surface area contributed by atoms with Gasteiger partial charge in [0.15, 0.2) is 0 Å². The Morgan fingerprint density at radius 1 is 0.938 bits per heavy atom. The van der Waals surface area contributed by atoms with Crippen molar-refractivity contribution in [3.05, 3.63) is 101 Å². The molecule has 0 aliphatic carbocycles. The van der Waals surface area contributed by atoms with Crippen molar-refractivity contribution in [1.29, 1.82) is 0 Å². The minimum atomic E-state index is -4.14. The second-order valence-corrected chi connectivity index (χ2v) is 9.36. The van der Waals surface area contributed by atoms with Crippen LogP contribution in [0.15, 0.2) is 83.8 Å². The van der Waals surface area contributed by atoms with Crippen molar-refractivity contribution in [3.63, 3.8) is 0 Å². The molecule has 0 aromatic heterocycles. The monoisotopic (exact) mass is 451 g/mol. The van der Waals surface area contributed by atoms with Gasteiger partial charge in [0.2, 0.25) is 0 Å². The van der Waals surface area contributed by atoms with E-state index in [-0.39, 0.29) is 16.4 Å².